The Morgan fingerprint density at radius 3 is 2.52 bits per heavy atom. The second-order valence-corrected chi connectivity index (χ2v) is 7.61. The molecule has 7 nitrogen and oxygen atoms in total. The van der Waals surface area contributed by atoms with E-state index in [2.05, 4.69) is 10.3 Å². The number of para-hydroxylation sites is 1. The Hall–Kier alpha value is -3.48. The van der Waals surface area contributed by atoms with Crippen molar-refractivity contribution < 1.29 is 19.1 Å². The number of carbonyl (C=O) groups excluding carboxylic acids is 2. The highest BCUT2D eigenvalue weighted by Crippen LogP contribution is 2.38. The van der Waals surface area contributed by atoms with Crippen molar-refractivity contribution in [1.82, 2.24) is 15.2 Å². The number of H-pyrrole nitrogens is 1. The fraction of sp³-hybridized carbons (Fsp3) is 0.333. The van der Waals surface area contributed by atoms with E-state index in [4.69, 9.17) is 9.47 Å². The number of aromatic amines is 1. The first-order chi connectivity index (χ1) is 14.8. The van der Waals surface area contributed by atoms with Crippen LogP contribution in [0, 0.1) is 0 Å². The first-order valence-corrected chi connectivity index (χ1v) is 10.2. The summed E-state index contributed by atoms with van der Waals surface area (Å²) < 4.78 is 10.9. The number of rotatable bonds is 8. The lowest BCUT2D eigenvalue weighted by molar-refractivity contribution is -0.133. The molecular formula is C24H29N3O4. The number of ether oxygens (including phenoxy) is 2. The molecule has 0 unspecified atom stereocenters. The van der Waals surface area contributed by atoms with Crippen LogP contribution in [0.4, 0.5) is 0 Å². The molecule has 3 rings (SSSR count). The van der Waals surface area contributed by atoms with E-state index in [0.29, 0.717) is 17.9 Å². The van der Waals surface area contributed by atoms with Crippen LogP contribution in [0.3, 0.4) is 0 Å². The van der Waals surface area contributed by atoms with Crippen molar-refractivity contribution >= 4 is 22.7 Å². The Morgan fingerprint density at radius 2 is 1.84 bits per heavy atom. The molecule has 0 aliphatic carbocycles. The minimum atomic E-state index is -0.563. The summed E-state index contributed by atoms with van der Waals surface area (Å²) in [6.45, 7) is 1.69. The van der Waals surface area contributed by atoms with E-state index >= 15 is 0 Å². The quantitative estimate of drug-likeness (QED) is 0.582. The number of nitrogens with one attached hydrogen (secondary N) is 2. The molecule has 0 saturated carbocycles. The molecule has 7 heteroatoms. The third-order valence-electron chi connectivity index (χ3n) is 5.28. The van der Waals surface area contributed by atoms with Crippen LogP contribution < -0.4 is 14.8 Å². The second-order valence-electron chi connectivity index (χ2n) is 7.61. The monoisotopic (exact) mass is 423 g/mol. The summed E-state index contributed by atoms with van der Waals surface area (Å²) in [5.74, 6) is 1.09. The SMILES string of the molecule is COc1ccc(-c2[nH]c3ccccc3c2CCC(=O)N[C@H](C)C(=O)N(C)C)c(OC)c1. The molecule has 0 aliphatic rings. The Kier molecular flexibility index (Phi) is 6.84. The van der Waals surface area contributed by atoms with Gasteiger partial charge in [0, 0.05) is 43.0 Å². The van der Waals surface area contributed by atoms with E-state index < -0.39 is 6.04 Å². The van der Waals surface area contributed by atoms with Gasteiger partial charge in [-0.25, -0.2) is 0 Å². The van der Waals surface area contributed by atoms with Gasteiger partial charge in [0.15, 0.2) is 0 Å². The summed E-state index contributed by atoms with van der Waals surface area (Å²) in [5, 5.41) is 3.84. The van der Waals surface area contributed by atoms with E-state index in [1.165, 1.54) is 4.90 Å². The maximum Gasteiger partial charge on any atom is 0.244 e. The summed E-state index contributed by atoms with van der Waals surface area (Å²) in [6, 6.07) is 13.1. The Morgan fingerprint density at radius 1 is 1.10 bits per heavy atom. The van der Waals surface area contributed by atoms with E-state index in [0.717, 1.165) is 27.7 Å². The number of hydrogen-bond donors (Lipinski definition) is 2. The molecule has 1 atom stereocenters. The highest BCUT2D eigenvalue weighted by Gasteiger charge is 2.20. The van der Waals surface area contributed by atoms with Crippen LogP contribution in [0.2, 0.25) is 0 Å². The molecule has 2 N–H and O–H groups in total. The smallest absolute Gasteiger partial charge is 0.244 e. The molecule has 0 saturated heterocycles. The molecule has 0 aliphatic heterocycles. The molecule has 1 aromatic heterocycles. The molecule has 1 heterocycles. The third kappa shape index (κ3) is 4.82. The van der Waals surface area contributed by atoms with Gasteiger partial charge >= 0.3 is 0 Å². The molecule has 0 radical (unpaired) electrons. The number of aromatic nitrogens is 1. The number of hydrogen-bond acceptors (Lipinski definition) is 4. The zero-order chi connectivity index (χ0) is 22.5. The highest BCUT2D eigenvalue weighted by molar-refractivity contribution is 5.93. The lowest BCUT2D eigenvalue weighted by Gasteiger charge is -2.18. The molecule has 0 fully saturated rings. The Labute approximate surface area is 182 Å². The molecule has 164 valence electrons. The zero-order valence-corrected chi connectivity index (χ0v) is 18.6. The fourth-order valence-corrected chi connectivity index (χ4v) is 3.70. The number of benzene rings is 2. The van der Waals surface area contributed by atoms with E-state index in [1.54, 1.807) is 35.2 Å². The van der Waals surface area contributed by atoms with Crippen molar-refractivity contribution in [3.8, 4) is 22.8 Å². The van der Waals surface area contributed by atoms with Crippen LogP contribution in [0.1, 0.15) is 18.9 Å². The van der Waals surface area contributed by atoms with Crippen molar-refractivity contribution in [3.05, 3.63) is 48.0 Å². The van der Waals surface area contributed by atoms with Crippen molar-refractivity contribution in [3.63, 3.8) is 0 Å². The van der Waals surface area contributed by atoms with Crippen LogP contribution in [0.15, 0.2) is 42.5 Å². The van der Waals surface area contributed by atoms with Gasteiger partial charge < -0.3 is 24.7 Å². The first kappa shape index (κ1) is 22.2. The van der Waals surface area contributed by atoms with Crippen LogP contribution >= 0.6 is 0 Å². The predicted octanol–water partition coefficient (Wildman–Crippen LogP) is 3.38. The summed E-state index contributed by atoms with van der Waals surface area (Å²) in [5.41, 5.74) is 3.82. The van der Waals surface area contributed by atoms with Gasteiger partial charge in [-0.3, -0.25) is 9.59 Å². The third-order valence-corrected chi connectivity index (χ3v) is 5.28. The number of fused-ring (bicyclic) bond motifs is 1. The summed E-state index contributed by atoms with van der Waals surface area (Å²) in [7, 11) is 6.58. The van der Waals surface area contributed by atoms with Crippen LogP contribution in [-0.4, -0.2) is 56.1 Å². The van der Waals surface area contributed by atoms with Gasteiger partial charge in [0.1, 0.15) is 17.5 Å². The average Bonchev–Trinajstić information content (AvgIpc) is 3.14. The number of likely N-dealkylation sites (N-methyl/N-ethyl adjacent to an activating group) is 1. The predicted molar refractivity (Wildman–Crippen MR) is 121 cm³/mol. The number of amides is 2. The minimum Gasteiger partial charge on any atom is -0.497 e. The van der Waals surface area contributed by atoms with Crippen molar-refractivity contribution in [2.75, 3.05) is 28.3 Å². The molecule has 0 bridgehead atoms. The van der Waals surface area contributed by atoms with Crippen LogP contribution in [0.25, 0.3) is 22.2 Å². The van der Waals surface area contributed by atoms with E-state index in [1.807, 2.05) is 42.5 Å². The normalized spacial score (nSPS) is 11.8. The van der Waals surface area contributed by atoms with Gasteiger partial charge in [0.25, 0.3) is 0 Å². The van der Waals surface area contributed by atoms with Crippen LogP contribution in [0.5, 0.6) is 11.5 Å². The molecule has 0 spiro atoms. The molecule has 2 aromatic carbocycles. The lowest BCUT2D eigenvalue weighted by atomic mass is 10.00. The summed E-state index contributed by atoms with van der Waals surface area (Å²) >= 11 is 0. The zero-order valence-electron chi connectivity index (χ0n) is 18.6. The van der Waals surface area contributed by atoms with E-state index in [-0.39, 0.29) is 18.2 Å². The van der Waals surface area contributed by atoms with Gasteiger partial charge in [0.2, 0.25) is 11.8 Å². The van der Waals surface area contributed by atoms with E-state index in [9.17, 15) is 9.59 Å². The average molecular weight is 424 g/mol. The number of carbonyl (C=O) groups is 2. The molecule has 2 amide bonds. The second kappa shape index (κ2) is 9.55. The van der Waals surface area contributed by atoms with Crippen molar-refractivity contribution in [2.24, 2.45) is 0 Å². The number of nitrogens with zero attached hydrogens (tertiary/aromatic N) is 1. The van der Waals surface area contributed by atoms with Crippen LogP contribution in [-0.2, 0) is 16.0 Å². The topological polar surface area (TPSA) is 83.7 Å². The lowest BCUT2D eigenvalue weighted by Crippen LogP contribution is -2.44. The van der Waals surface area contributed by atoms with Crippen molar-refractivity contribution in [1.29, 1.82) is 0 Å². The number of methoxy groups -OCH3 is 2. The molecule has 31 heavy (non-hydrogen) atoms. The van der Waals surface area contributed by atoms with Crippen molar-refractivity contribution in [2.45, 2.75) is 25.8 Å². The number of aryl methyl sites for hydroxylation is 1. The summed E-state index contributed by atoms with van der Waals surface area (Å²) in [4.78, 5) is 29.5. The first-order valence-electron chi connectivity index (χ1n) is 10.2. The van der Waals surface area contributed by atoms with Gasteiger partial charge in [-0.2, -0.15) is 0 Å². The summed E-state index contributed by atoms with van der Waals surface area (Å²) in [6.07, 6.45) is 0.779. The fourth-order valence-electron chi connectivity index (χ4n) is 3.70. The maximum absolute atomic E-state index is 12.5. The molecule has 3 aromatic rings. The van der Waals surface area contributed by atoms with Gasteiger partial charge in [-0.1, -0.05) is 18.2 Å². The van der Waals surface area contributed by atoms with Gasteiger partial charge in [-0.05, 0) is 37.1 Å². The highest BCUT2D eigenvalue weighted by atomic mass is 16.5. The Balaban J connectivity index is 1.91. The largest absolute Gasteiger partial charge is 0.497 e. The molecular weight excluding hydrogens is 394 g/mol. The maximum atomic E-state index is 12.5. The van der Waals surface area contributed by atoms with Gasteiger partial charge in [0.05, 0.1) is 19.9 Å². The Bertz CT molecular complexity index is 1090. The standard InChI is InChI=1S/C24H29N3O4/c1-15(24(29)27(2)3)25-22(28)13-12-18-17-8-6-7-9-20(17)26-23(18)19-11-10-16(30-4)14-21(19)31-5/h6-11,14-15,26H,12-13H2,1-5H3,(H,25,28)/t15-/m1/s1. The van der Waals surface area contributed by atoms with Gasteiger partial charge in [-0.15, -0.1) is 0 Å². The minimum absolute atomic E-state index is 0.135.